The lowest BCUT2D eigenvalue weighted by Gasteiger charge is -2.30. The summed E-state index contributed by atoms with van der Waals surface area (Å²) in [6, 6.07) is 8.74. The third-order valence-electron chi connectivity index (χ3n) is 5.30. The molecule has 13 heteroatoms. The fourth-order valence-electron chi connectivity index (χ4n) is 3.72. The zero-order valence-electron chi connectivity index (χ0n) is 17.2. The van der Waals surface area contributed by atoms with Crippen LogP contribution in [0.5, 0.6) is 0 Å². The summed E-state index contributed by atoms with van der Waals surface area (Å²) in [5, 5.41) is 9.07. The van der Waals surface area contributed by atoms with Crippen LogP contribution in [-0.4, -0.2) is 61.1 Å². The Balaban J connectivity index is 1.73. The van der Waals surface area contributed by atoms with Gasteiger partial charge in [0.1, 0.15) is 4.90 Å². The first kappa shape index (κ1) is 22.3. The Morgan fingerprint density at radius 2 is 1.75 bits per heavy atom. The minimum Gasteiger partial charge on any atom is -0.351 e. The minimum atomic E-state index is -4.09. The maximum Gasteiger partial charge on any atom is 0.256 e. The van der Waals surface area contributed by atoms with Crippen molar-refractivity contribution in [1.82, 2.24) is 18.8 Å². The highest BCUT2D eigenvalue weighted by Crippen LogP contribution is 2.22. The molecule has 170 valence electrons. The number of nitrogens with zero attached hydrogens (tertiary/aromatic N) is 4. The number of primary sulfonamides is 1. The first-order valence-electron chi connectivity index (χ1n) is 9.77. The molecule has 3 aromatic rings. The molecule has 0 saturated carbocycles. The van der Waals surface area contributed by atoms with E-state index in [1.807, 2.05) is 0 Å². The molecule has 0 unspecified atom stereocenters. The van der Waals surface area contributed by atoms with Gasteiger partial charge in [0.25, 0.3) is 5.56 Å². The van der Waals surface area contributed by atoms with Crippen molar-refractivity contribution in [3.05, 3.63) is 52.9 Å². The summed E-state index contributed by atoms with van der Waals surface area (Å²) < 4.78 is 50.2. The van der Waals surface area contributed by atoms with Gasteiger partial charge in [0.15, 0.2) is 5.65 Å². The Hall–Kier alpha value is -2.87. The Bertz CT molecular complexity index is 1440. The lowest BCUT2D eigenvalue weighted by molar-refractivity contribution is 0.331. The maximum absolute atomic E-state index is 12.7. The minimum absolute atomic E-state index is 0.0500. The van der Waals surface area contributed by atoms with Crippen LogP contribution < -0.4 is 16.0 Å². The average Bonchev–Trinajstić information content (AvgIpc) is 2.73. The molecule has 0 spiro atoms. The molecule has 1 saturated heterocycles. The van der Waals surface area contributed by atoms with Gasteiger partial charge in [-0.3, -0.25) is 9.36 Å². The van der Waals surface area contributed by atoms with Crippen molar-refractivity contribution < 1.29 is 16.8 Å². The number of hydrogen-bond donors (Lipinski definition) is 2. The smallest absolute Gasteiger partial charge is 0.256 e. The second-order valence-electron chi connectivity index (χ2n) is 7.57. The summed E-state index contributed by atoms with van der Waals surface area (Å²) in [6.45, 7) is 0.771. The average molecular weight is 479 g/mol. The van der Waals surface area contributed by atoms with Crippen LogP contribution in [0, 0.1) is 0 Å². The third kappa shape index (κ3) is 4.50. The van der Waals surface area contributed by atoms with E-state index in [2.05, 4.69) is 15.3 Å². The fourth-order valence-corrected chi connectivity index (χ4v) is 5.31. The van der Waals surface area contributed by atoms with E-state index in [1.54, 1.807) is 12.1 Å². The number of nitrogens with two attached hydrogens (primary N) is 1. The van der Waals surface area contributed by atoms with Crippen molar-refractivity contribution in [1.29, 1.82) is 0 Å². The van der Waals surface area contributed by atoms with Crippen LogP contribution >= 0.6 is 0 Å². The van der Waals surface area contributed by atoms with Gasteiger partial charge in [-0.2, -0.15) is 4.98 Å². The highest BCUT2D eigenvalue weighted by Gasteiger charge is 2.25. The summed E-state index contributed by atoms with van der Waals surface area (Å²) in [5.41, 5.74) is -0.156. The zero-order valence-corrected chi connectivity index (χ0v) is 18.8. The third-order valence-corrected chi connectivity index (χ3v) is 7.56. The molecule has 0 bridgehead atoms. The number of hydrogen-bond acceptors (Lipinski definition) is 8. The molecule has 4 rings (SSSR count). The number of sulfonamides is 2. The summed E-state index contributed by atoms with van der Waals surface area (Å²) in [4.78, 5) is 21.3. The number of nitrogens with one attached hydrogen (secondary N) is 1. The first-order chi connectivity index (χ1) is 15.0. The van der Waals surface area contributed by atoms with E-state index >= 15 is 0 Å². The number of piperidine rings is 1. The molecule has 0 radical (unpaired) electrons. The Morgan fingerprint density at radius 1 is 1.06 bits per heavy atom. The van der Waals surface area contributed by atoms with E-state index in [0.717, 1.165) is 0 Å². The van der Waals surface area contributed by atoms with Gasteiger partial charge in [-0.1, -0.05) is 12.1 Å². The molecular formula is C19H22N6O5S2. The Morgan fingerprint density at radius 3 is 2.41 bits per heavy atom. The Labute approximate surface area is 185 Å². The van der Waals surface area contributed by atoms with Crippen LogP contribution in [-0.2, 0) is 20.0 Å². The fraction of sp³-hybridized carbons (Fsp3) is 0.316. The lowest BCUT2D eigenvalue weighted by atomic mass is 10.1. The molecule has 1 fully saturated rings. The summed E-state index contributed by atoms with van der Waals surface area (Å²) in [5.74, 6) is 0.253. The molecule has 0 atom stereocenters. The molecule has 32 heavy (non-hydrogen) atoms. The number of pyridine rings is 1. The van der Waals surface area contributed by atoms with Crippen LogP contribution in [0.25, 0.3) is 16.7 Å². The van der Waals surface area contributed by atoms with E-state index in [1.165, 1.54) is 45.6 Å². The van der Waals surface area contributed by atoms with E-state index < -0.39 is 25.6 Å². The van der Waals surface area contributed by atoms with Crippen molar-refractivity contribution in [3.8, 4) is 5.69 Å². The normalized spacial score (nSPS) is 16.3. The maximum atomic E-state index is 12.7. The van der Waals surface area contributed by atoms with Crippen LogP contribution in [0.4, 0.5) is 5.95 Å². The molecular weight excluding hydrogens is 456 g/mol. The van der Waals surface area contributed by atoms with Gasteiger partial charge in [0.2, 0.25) is 26.0 Å². The molecule has 0 amide bonds. The second kappa shape index (κ2) is 8.24. The van der Waals surface area contributed by atoms with Crippen molar-refractivity contribution in [2.45, 2.75) is 23.8 Å². The number of rotatable bonds is 5. The topological polar surface area (TPSA) is 157 Å². The number of aromatic nitrogens is 3. The summed E-state index contributed by atoms with van der Waals surface area (Å²) in [6.07, 6.45) is 3.87. The van der Waals surface area contributed by atoms with E-state index in [0.29, 0.717) is 31.3 Å². The molecule has 1 aromatic carbocycles. The van der Waals surface area contributed by atoms with Gasteiger partial charge in [-0.05, 0) is 31.0 Å². The van der Waals surface area contributed by atoms with Gasteiger partial charge < -0.3 is 5.32 Å². The lowest BCUT2D eigenvalue weighted by Crippen LogP contribution is -2.42. The predicted molar refractivity (Wildman–Crippen MR) is 120 cm³/mol. The van der Waals surface area contributed by atoms with Crippen LogP contribution in [0.3, 0.4) is 0 Å². The van der Waals surface area contributed by atoms with Gasteiger partial charge in [-0.15, -0.1) is 0 Å². The van der Waals surface area contributed by atoms with E-state index in [4.69, 9.17) is 5.14 Å². The summed E-state index contributed by atoms with van der Waals surface area (Å²) >= 11 is 0. The van der Waals surface area contributed by atoms with Gasteiger partial charge in [0, 0.05) is 36.8 Å². The second-order valence-corrected chi connectivity index (χ2v) is 11.1. The molecule has 1 aliphatic heterocycles. The SMILES string of the molecule is CS(=O)(=O)N1CCC(Nc2ncc3ccc(=O)n(-c4ccccc4S(N)(=O)=O)c3n2)CC1. The highest BCUT2D eigenvalue weighted by molar-refractivity contribution is 7.89. The molecule has 11 nitrogen and oxygen atoms in total. The first-order valence-corrected chi connectivity index (χ1v) is 13.2. The number of anilines is 1. The molecule has 2 aromatic heterocycles. The van der Waals surface area contributed by atoms with Crippen molar-refractivity contribution in [3.63, 3.8) is 0 Å². The zero-order chi connectivity index (χ0) is 23.1. The van der Waals surface area contributed by atoms with E-state index in [9.17, 15) is 21.6 Å². The quantitative estimate of drug-likeness (QED) is 0.529. The van der Waals surface area contributed by atoms with Gasteiger partial charge in [0.05, 0.1) is 11.9 Å². The van der Waals surface area contributed by atoms with E-state index in [-0.39, 0.29) is 28.2 Å². The van der Waals surface area contributed by atoms with Crippen molar-refractivity contribution in [2.75, 3.05) is 24.7 Å². The van der Waals surface area contributed by atoms with Crippen LogP contribution in [0.15, 0.2) is 52.3 Å². The Kier molecular flexibility index (Phi) is 5.75. The largest absolute Gasteiger partial charge is 0.351 e. The predicted octanol–water partition coefficient (Wildman–Crippen LogP) is 0.264. The van der Waals surface area contributed by atoms with Crippen molar-refractivity contribution in [2.24, 2.45) is 5.14 Å². The number of para-hydroxylation sites is 1. The molecule has 3 heterocycles. The van der Waals surface area contributed by atoms with Gasteiger partial charge in [-0.25, -0.2) is 31.3 Å². The standard InChI is InChI=1S/C19H22N6O5S2/c1-31(27,28)24-10-8-14(9-11-24)22-19-21-12-13-6-7-17(26)25(18(13)23-19)15-4-2-3-5-16(15)32(20,29)30/h2-7,12,14H,8-11H2,1H3,(H2,20,29,30)(H,21,22,23). The molecule has 3 N–H and O–H groups in total. The van der Waals surface area contributed by atoms with Crippen LogP contribution in [0.1, 0.15) is 12.8 Å². The monoisotopic (exact) mass is 478 g/mol. The molecule has 0 aliphatic carbocycles. The van der Waals surface area contributed by atoms with Crippen molar-refractivity contribution >= 4 is 37.0 Å². The number of fused-ring (bicyclic) bond motifs is 1. The van der Waals surface area contributed by atoms with Gasteiger partial charge >= 0.3 is 0 Å². The van der Waals surface area contributed by atoms with Crippen LogP contribution in [0.2, 0.25) is 0 Å². The molecule has 1 aliphatic rings. The number of benzene rings is 1. The summed E-state index contributed by atoms with van der Waals surface area (Å²) in [7, 11) is -7.32. The highest BCUT2D eigenvalue weighted by atomic mass is 32.2.